The van der Waals surface area contributed by atoms with Crippen molar-refractivity contribution in [2.24, 2.45) is 5.92 Å². The SMILES string of the molecule is C[C@H]1[C@@H](OCc2ccccc2)[C@H](O)C[C@H](O)[C@H](O)[C@H]1OCc1ccccc1. The highest BCUT2D eigenvalue weighted by Crippen LogP contribution is 2.30. The molecule has 1 aliphatic rings. The summed E-state index contributed by atoms with van der Waals surface area (Å²) in [6.07, 6.45) is -4.15. The van der Waals surface area contributed by atoms with E-state index in [4.69, 9.17) is 9.47 Å². The van der Waals surface area contributed by atoms with Crippen LogP contribution in [-0.4, -0.2) is 45.8 Å². The molecule has 1 saturated carbocycles. The molecule has 2 aromatic rings. The summed E-state index contributed by atoms with van der Waals surface area (Å²) in [5.41, 5.74) is 1.99. The second-order valence-corrected chi connectivity index (χ2v) is 7.24. The Labute approximate surface area is 160 Å². The van der Waals surface area contributed by atoms with E-state index in [0.717, 1.165) is 11.1 Å². The molecule has 6 atom stereocenters. The number of hydrogen-bond acceptors (Lipinski definition) is 5. The lowest BCUT2D eigenvalue weighted by Crippen LogP contribution is -2.44. The molecule has 3 N–H and O–H groups in total. The van der Waals surface area contributed by atoms with Crippen LogP contribution >= 0.6 is 0 Å². The van der Waals surface area contributed by atoms with E-state index in [1.54, 1.807) is 0 Å². The molecule has 0 unspecified atom stereocenters. The van der Waals surface area contributed by atoms with Gasteiger partial charge in [0, 0.05) is 12.3 Å². The van der Waals surface area contributed by atoms with Crippen molar-refractivity contribution in [2.75, 3.05) is 0 Å². The second kappa shape index (κ2) is 9.44. The van der Waals surface area contributed by atoms with E-state index < -0.39 is 30.5 Å². The first kappa shape index (κ1) is 20.0. The van der Waals surface area contributed by atoms with Crippen LogP contribution in [0.3, 0.4) is 0 Å². The molecule has 0 aromatic heterocycles. The Morgan fingerprint density at radius 1 is 0.741 bits per heavy atom. The average Bonchev–Trinajstić information content (AvgIpc) is 2.76. The van der Waals surface area contributed by atoms with Crippen LogP contribution in [0.15, 0.2) is 60.7 Å². The van der Waals surface area contributed by atoms with Gasteiger partial charge in [0.15, 0.2) is 0 Å². The van der Waals surface area contributed by atoms with Gasteiger partial charge in [-0.1, -0.05) is 67.6 Å². The maximum absolute atomic E-state index is 10.5. The molecule has 0 amide bonds. The van der Waals surface area contributed by atoms with Gasteiger partial charge in [0.05, 0.1) is 37.6 Å². The van der Waals surface area contributed by atoms with Gasteiger partial charge in [0.1, 0.15) is 6.10 Å². The van der Waals surface area contributed by atoms with Crippen molar-refractivity contribution in [1.82, 2.24) is 0 Å². The molecule has 0 aliphatic heterocycles. The predicted molar refractivity (Wildman–Crippen MR) is 102 cm³/mol. The number of aliphatic hydroxyl groups excluding tert-OH is 3. The molecular formula is C22H28O5. The fourth-order valence-electron chi connectivity index (χ4n) is 3.63. The zero-order chi connectivity index (χ0) is 19.2. The largest absolute Gasteiger partial charge is 0.390 e. The second-order valence-electron chi connectivity index (χ2n) is 7.24. The molecule has 5 heteroatoms. The maximum Gasteiger partial charge on any atom is 0.106 e. The number of ether oxygens (including phenoxy) is 2. The molecule has 1 fully saturated rings. The van der Waals surface area contributed by atoms with Gasteiger partial charge in [0.2, 0.25) is 0 Å². The summed E-state index contributed by atoms with van der Waals surface area (Å²) >= 11 is 0. The van der Waals surface area contributed by atoms with Gasteiger partial charge in [-0.05, 0) is 11.1 Å². The summed E-state index contributed by atoms with van der Waals surface area (Å²) in [6, 6.07) is 19.4. The van der Waals surface area contributed by atoms with E-state index in [-0.39, 0.29) is 12.3 Å². The van der Waals surface area contributed by atoms with Gasteiger partial charge in [-0.2, -0.15) is 0 Å². The van der Waals surface area contributed by atoms with Gasteiger partial charge < -0.3 is 24.8 Å². The molecular weight excluding hydrogens is 344 g/mol. The van der Waals surface area contributed by atoms with Crippen LogP contribution in [-0.2, 0) is 22.7 Å². The maximum atomic E-state index is 10.5. The van der Waals surface area contributed by atoms with Crippen LogP contribution in [0.2, 0.25) is 0 Å². The lowest BCUT2D eigenvalue weighted by Gasteiger charge is -2.32. The van der Waals surface area contributed by atoms with Gasteiger partial charge >= 0.3 is 0 Å². The average molecular weight is 372 g/mol. The summed E-state index contributed by atoms with van der Waals surface area (Å²) in [7, 11) is 0. The highest BCUT2D eigenvalue weighted by Gasteiger charge is 2.43. The Morgan fingerprint density at radius 3 is 1.74 bits per heavy atom. The van der Waals surface area contributed by atoms with Crippen LogP contribution in [0.4, 0.5) is 0 Å². The number of aliphatic hydroxyl groups is 3. The third-order valence-electron chi connectivity index (χ3n) is 5.20. The normalized spacial score (nSPS) is 31.4. The molecule has 1 aliphatic carbocycles. The standard InChI is InChI=1S/C22H28O5/c1-15-21(26-13-16-8-4-2-5-9-16)19(24)12-18(23)20(25)22(15)27-14-17-10-6-3-7-11-17/h2-11,15,18-25H,12-14H2,1H3/t15-,18-,19+,20-,21+,22-/m0/s1. The van der Waals surface area contributed by atoms with Crippen molar-refractivity contribution in [3.05, 3.63) is 71.8 Å². The Balaban J connectivity index is 1.70. The van der Waals surface area contributed by atoms with E-state index in [1.807, 2.05) is 67.6 Å². The van der Waals surface area contributed by atoms with Crippen LogP contribution in [0, 0.1) is 5.92 Å². The van der Waals surface area contributed by atoms with E-state index >= 15 is 0 Å². The molecule has 0 spiro atoms. The number of rotatable bonds is 6. The fraction of sp³-hybridized carbons (Fsp3) is 0.455. The molecule has 0 bridgehead atoms. The highest BCUT2D eigenvalue weighted by molar-refractivity contribution is 5.14. The minimum absolute atomic E-state index is 0.0517. The number of benzene rings is 2. The molecule has 2 aromatic carbocycles. The first-order chi connectivity index (χ1) is 13.1. The first-order valence-corrected chi connectivity index (χ1v) is 9.41. The van der Waals surface area contributed by atoms with E-state index in [1.165, 1.54) is 0 Å². The topological polar surface area (TPSA) is 79.2 Å². The van der Waals surface area contributed by atoms with Gasteiger partial charge in [-0.25, -0.2) is 0 Å². The summed E-state index contributed by atoms with van der Waals surface area (Å²) in [6.45, 7) is 2.56. The van der Waals surface area contributed by atoms with E-state index in [0.29, 0.717) is 13.2 Å². The van der Waals surface area contributed by atoms with Crippen LogP contribution in [0.1, 0.15) is 24.5 Å². The molecule has 0 saturated heterocycles. The Kier molecular flexibility index (Phi) is 6.99. The smallest absolute Gasteiger partial charge is 0.106 e. The molecule has 146 valence electrons. The fourth-order valence-corrected chi connectivity index (χ4v) is 3.63. The molecule has 3 rings (SSSR count). The van der Waals surface area contributed by atoms with Crippen LogP contribution in [0.5, 0.6) is 0 Å². The van der Waals surface area contributed by atoms with Gasteiger partial charge in [-0.15, -0.1) is 0 Å². The van der Waals surface area contributed by atoms with Crippen LogP contribution in [0.25, 0.3) is 0 Å². The molecule has 0 radical (unpaired) electrons. The van der Waals surface area contributed by atoms with Crippen molar-refractivity contribution in [3.63, 3.8) is 0 Å². The molecule has 27 heavy (non-hydrogen) atoms. The summed E-state index contributed by atoms with van der Waals surface area (Å²) in [4.78, 5) is 0. The summed E-state index contributed by atoms with van der Waals surface area (Å²) < 4.78 is 12.0. The quantitative estimate of drug-likeness (QED) is 0.678. The van der Waals surface area contributed by atoms with Crippen LogP contribution < -0.4 is 0 Å². The zero-order valence-corrected chi connectivity index (χ0v) is 15.5. The molecule has 5 nitrogen and oxygen atoms in total. The Morgan fingerprint density at radius 2 is 1.22 bits per heavy atom. The number of hydrogen-bond donors (Lipinski definition) is 3. The summed E-state index contributed by atoms with van der Waals surface area (Å²) in [5.74, 6) is -0.292. The monoisotopic (exact) mass is 372 g/mol. The van der Waals surface area contributed by atoms with Crippen molar-refractivity contribution < 1.29 is 24.8 Å². The van der Waals surface area contributed by atoms with E-state index in [2.05, 4.69) is 0 Å². The van der Waals surface area contributed by atoms with Crippen molar-refractivity contribution in [1.29, 1.82) is 0 Å². The lowest BCUT2D eigenvalue weighted by molar-refractivity contribution is -0.134. The predicted octanol–water partition coefficient (Wildman–Crippen LogP) is 2.28. The minimum atomic E-state index is -1.08. The lowest BCUT2D eigenvalue weighted by atomic mass is 9.93. The van der Waals surface area contributed by atoms with Crippen molar-refractivity contribution in [3.8, 4) is 0 Å². The Hall–Kier alpha value is -1.76. The summed E-state index contributed by atoms with van der Waals surface area (Å²) in [5, 5.41) is 31.4. The van der Waals surface area contributed by atoms with Gasteiger partial charge in [0.25, 0.3) is 0 Å². The van der Waals surface area contributed by atoms with E-state index in [9.17, 15) is 15.3 Å². The molecule has 0 heterocycles. The Bertz CT molecular complexity index is 678. The third kappa shape index (κ3) is 5.15. The first-order valence-electron chi connectivity index (χ1n) is 9.41. The zero-order valence-electron chi connectivity index (χ0n) is 15.5. The third-order valence-corrected chi connectivity index (χ3v) is 5.20. The van der Waals surface area contributed by atoms with Gasteiger partial charge in [-0.3, -0.25) is 0 Å². The van der Waals surface area contributed by atoms with Crippen molar-refractivity contribution >= 4 is 0 Å². The van der Waals surface area contributed by atoms with Crippen molar-refractivity contribution in [2.45, 2.75) is 57.1 Å². The highest BCUT2D eigenvalue weighted by atomic mass is 16.5. The minimum Gasteiger partial charge on any atom is -0.390 e.